The quantitative estimate of drug-likeness (QED) is 0.709. The average molecular weight is 335 g/mol. The Labute approximate surface area is 131 Å². The molecular formula is C14H11Cl3FNO. The van der Waals surface area contributed by atoms with Crippen molar-refractivity contribution in [2.45, 2.75) is 13.0 Å². The number of benzene rings is 2. The van der Waals surface area contributed by atoms with Gasteiger partial charge < -0.3 is 10.4 Å². The van der Waals surface area contributed by atoms with Crippen LogP contribution in [-0.2, 0) is 0 Å². The zero-order chi connectivity index (χ0) is 14.9. The van der Waals surface area contributed by atoms with E-state index < -0.39 is 5.82 Å². The number of phenolic OH excluding ortho intramolecular Hbond substituents is 1. The summed E-state index contributed by atoms with van der Waals surface area (Å²) in [5, 5.41) is 13.0. The van der Waals surface area contributed by atoms with Crippen molar-refractivity contribution in [1.29, 1.82) is 0 Å². The molecule has 0 bridgehead atoms. The van der Waals surface area contributed by atoms with E-state index in [1.807, 2.05) is 6.92 Å². The van der Waals surface area contributed by atoms with E-state index in [2.05, 4.69) is 5.32 Å². The van der Waals surface area contributed by atoms with Gasteiger partial charge in [0.15, 0.2) is 5.75 Å². The fourth-order valence-electron chi connectivity index (χ4n) is 1.76. The minimum atomic E-state index is -0.473. The number of rotatable bonds is 3. The van der Waals surface area contributed by atoms with Crippen molar-refractivity contribution in [2.75, 3.05) is 5.32 Å². The van der Waals surface area contributed by atoms with Crippen LogP contribution in [-0.4, -0.2) is 5.11 Å². The number of halogens is 4. The molecule has 0 fully saturated rings. The highest BCUT2D eigenvalue weighted by atomic mass is 35.5. The minimum absolute atomic E-state index is 0.0803. The third-order valence-electron chi connectivity index (χ3n) is 2.84. The summed E-state index contributed by atoms with van der Waals surface area (Å²) in [6.07, 6.45) is 0. The van der Waals surface area contributed by atoms with E-state index in [1.165, 1.54) is 12.1 Å². The summed E-state index contributed by atoms with van der Waals surface area (Å²) < 4.78 is 13.4. The number of nitrogens with one attached hydrogen (secondary N) is 1. The monoisotopic (exact) mass is 333 g/mol. The van der Waals surface area contributed by atoms with Crippen molar-refractivity contribution in [1.82, 2.24) is 0 Å². The smallest absolute Gasteiger partial charge is 0.152 e. The van der Waals surface area contributed by atoms with E-state index in [4.69, 9.17) is 34.8 Å². The highest BCUT2D eigenvalue weighted by Crippen LogP contribution is 2.35. The molecule has 2 rings (SSSR count). The molecule has 2 aromatic rings. The molecule has 0 saturated heterocycles. The summed E-state index contributed by atoms with van der Waals surface area (Å²) in [5.41, 5.74) is 1.35. The van der Waals surface area contributed by atoms with Crippen LogP contribution in [0.5, 0.6) is 5.75 Å². The number of aromatic hydroxyl groups is 1. The summed E-state index contributed by atoms with van der Waals surface area (Å²) in [6, 6.07) is 7.51. The van der Waals surface area contributed by atoms with Crippen LogP contribution in [0.3, 0.4) is 0 Å². The van der Waals surface area contributed by atoms with Crippen LogP contribution in [0.15, 0.2) is 30.3 Å². The molecule has 1 unspecified atom stereocenters. The maximum Gasteiger partial charge on any atom is 0.152 e. The summed E-state index contributed by atoms with van der Waals surface area (Å²) in [7, 11) is 0. The van der Waals surface area contributed by atoms with Crippen LogP contribution < -0.4 is 5.32 Å². The predicted octanol–water partition coefficient (Wildman–Crippen LogP) is 5.66. The average Bonchev–Trinajstić information content (AvgIpc) is 2.39. The van der Waals surface area contributed by atoms with Crippen LogP contribution in [0.25, 0.3) is 0 Å². The SMILES string of the molecule is CC(Nc1cc(Cl)c(O)c(Cl)c1)c1ccc(Cl)c(F)c1. The Balaban J connectivity index is 2.23. The van der Waals surface area contributed by atoms with Gasteiger partial charge in [-0.25, -0.2) is 4.39 Å². The molecule has 0 aromatic heterocycles. The molecule has 0 heterocycles. The van der Waals surface area contributed by atoms with Crippen LogP contribution in [0.1, 0.15) is 18.5 Å². The highest BCUT2D eigenvalue weighted by Gasteiger charge is 2.11. The van der Waals surface area contributed by atoms with Gasteiger partial charge in [-0.1, -0.05) is 40.9 Å². The van der Waals surface area contributed by atoms with Gasteiger partial charge in [-0.05, 0) is 36.8 Å². The number of hydrogen-bond acceptors (Lipinski definition) is 2. The largest absolute Gasteiger partial charge is 0.505 e. The van der Waals surface area contributed by atoms with E-state index in [0.717, 1.165) is 5.56 Å². The van der Waals surface area contributed by atoms with Crippen LogP contribution in [0.4, 0.5) is 10.1 Å². The second-order valence-electron chi connectivity index (χ2n) is 4.33. The fraction of sp³-hybridized carbons (Fsp3) is 0.143. The van der Waals surface area contributed by atoms with E-state index >= 15 is 0 Å². The molecule has 0 amide bonds. The van der Waals surface area contributed by atoms with Crippen molar-refractivity contribution < 1.29 is 9.50 Å². The predicted molar refractivity (Wildman–Crippen MR) is 81.6 cm³/mol. The van der Waals surface area contributed by atoms with Gasteiger partial charge in [0.05, 0.1) is 15.1 Å². The van der Waals surface area contributed by atoms with Crippen molar-refractivity contribution in [2.24, 2.45) is 0 Å². The second kappa shape index (κ2) is 6.08. The first-order chi connectivity index (χ1) is 9.38. The zero-order valence-corrected chi connectivity index (χ0v) is 12.7. The molecule has 6 heteroatoms. The van der Waals surface area contributed by atoms with Crippen LogP contribution >= 0.6 is 34.8 Å². The molecule has 0 aliphatic rings. The summed E-state index contributed by atoms with van der Waals surface area (Å²) in [5.74, 6) is -0.635. The molecular weight excluding hydrogens is 324 g/mol. The lowest BCUT2D eigenvalue weighted by Gasteiger charge is -2.17. The Kier molecular flexibility index (Phi) is 4.63. The molecule has 20 heavy (non-hydrogen) atoms. The standard InChI is InChI=1S/C14H11Cl3FNO/c1-7(8-2-3-10(15)13(18)4-8)19-9-5-11(16)14(20)12(17)6-9/h2-7,19-20H,1H3. The maximum atomic E-state index is 13.4. The molecule has 0 aliphatic heterocycles. The van der Waals surface area contributed by atoms with Gasteiger partial charge in [0.1, 0.15) is 5.82 Å². The van der Waals surface area contributed by atoms with E-state index in [-0.39, 0.29) is 26.9 Å². The first-order valence-corrected chi connectivity index (χ1v) is 6.91. The van der Waals surface area contributed by atoms with Crippen molar-refractivity contribution in [3.8, 4) is 5.75 Å². The Morgan fingerprint density at radius 1 is 1.05 bits per heavy atom. The minimum Gasteiger partial charge on any atom is -0.505 e. The lowest BCUT2D eigenvalue weighted by molar-refractivity contribution is 0.476. The van der Waals surface area contributed by atoms with Gasteiger partial charge in [-0.2, -0.15) is 0 Å². The van der Waals surface area contributed by atoms with Gasteiger partial charge in [0.2, 0.25) is 0 Å². The van der Waals surface area contributed by atoms with Crippen molar-refractivity contribution >= 4 is 40.5 Å². The van der Waals surface area contributed by atoms with E-state index in [0.29, 0.717) is 5.69 Å². The van der Waals surface area contributed by atoms with Gasteiger partial charge >= 0.3 is 0 Å². The first kappa shape index (κ1) is 15.2. The second-order valence-corrected chi connectivity index (χ2v) is 5.55. The molecule has 0 spiro atoms. The van der Waals surface area contributed by atoms with E-state index in [1.54, 1.807) is 18.2 Å². The normalized spacial score (nSPS) is 12.2. The summed E-state index contributed by atoms with van der Waals surface area (Å²) >= 11 is 17.3. The third kappa shape index (κ3) is 3.29. The third-order valence-corrected chi connectivity index (χ3v) is 3.73. The topological polar surface area (TPSA) is 32.3 Å². The number of phenols is 1. The first-order valence-electron chi connectivity index (χ1n) is 5.78. The van der Waals surface area contributed by atoms with Gasteiger partial charge in [-0.15, -0.1) is 0 Å². The summed E-state index contributed by atoms with van der Waals surface area (Å²) in [4.78, 5) is 0. The highest BCUT2D eigenvalue weighted by molar-refractivity contribution is 6.37. The molecule has 0 aliphatic carbocycles. The zero-order valence-electron chi connectivity index (χ0n) is 10.4. The van der Waals surface area contributed by atoms with Crippen molar-refractivity contribution in [3.63, 3.8) is 0 Å². The van der Waals surface area contributed by atoms with Gasteiger partial charge in [0, 0.05) is 11.7 Å². The van der Waals surface area contributed by atoms with E-state index in [9.17, 15) is 9.50 Å². The molecule has 2 N–H and O–H groups in total. The molecule has 0 radical (unpaired) electrons. The van der Waals surface area contributed by atoms with Crippen LogP contribution in [0.2, 0.25) is 15.1 Å². The lowest BCUT2D eigenvalue weighted by atomic mass is 10.1. The van der Waals surface area contributed by atoms with Gasteiger partial charge in [0.25, 0.3) is 0 Å². The Morgan fingerprint density at radius 2 is 1.65 bits per heavy atom. The fourth-order valence-corrected chi connectivity index (χ4v) is 2.37. The van der Waals surface area contributed by atoms with Crippen LogP contribution in [0, 0.1) is 5.82 Å². The maximum absolute atomic E-state index is 13.4. The molecule has 2 nitrogen and oxygen atoms in total. The molecule has 0 saturated carbocycles. The van der Waals surface area contributed by atoms with Crippen molar-refractivity contribution in [3.05, 3.63) is 56.8 Å². The number of hydrogen-bond donors (Lipinski definition) is 2. The molecule has 106 valence electrons. The Bertz CT molecular complexity index is 625. The Hall–Kier alpha value is -1.16. The summed E-state index contributed by atoms with van der Waals surface area (Å²) in [6.45, 7) is 1.86. The number of anilines is 1. The van der Waals surface area contributed by atoms with Gasteiger partial charge in [-0.3, -0.25) is 0 Å². The molecule has 2 aromatic carbocycles. The lowest BCUT2D eigenvalue weighted by Crippen LogP contribution is -2.07. The Morgan fingerprint density at radius 3 is 2.20 bits per heavy atom. The molecule has 1 atom stereocenters.